The molecule has 0 N–H and O–H groups in total. The van der Waals surface area contributed by atoms with E-state index in [2.05, 4.69) is 0 Å². The number of hydrogen-bond acceptors (Lipinski definition) is 4. The van der Waals surface area contributed by atoms with Gasteiger partial charge in [0.2, 0.25) is 5.91 Å². The highest BCUT2D eigenvalue weighted by Crippen LogP contribution is 2.28. The Morgan fingerprint density at radius 1 is 1.00 bits per heavy atom. The van der Waals surface area contributed by atoms with Crippen LogP contribution in [-0.2, 0) is 16.1 Å². The van der Waals surface area contributed by atoms with Crippen LogP contribution in [0.4, 0.5) is 14.5 Å². The maximum Gasteiger partial charge on any atom is 0.257 e. The van der Waals surface area contributed by atoms with Crippen molar-refractivity contribution in [3.05, 3.63) is 95.6 Å². The van der Waals surface area contributed by atoms with Gasteiger partial charge in [-0.2, -0.15) is 0 Å². The third-order valence-electron chi connectivity index (χ3n) is 5.43. The van der Waals surface area contributed by atoms with Gasteiger partial charge in [0, 0.05) is 12.1 Å². The molecule has 0 saturated carbocycles. The van der Waals surface area contributed by atoms with Gasteiger partial charge in [0.25, 0.3) is 11.8 Å². The average molecular weight is 450 g/mol. The number of ether oxygens (including phenoxy) is 1. The molecule has 1 atom stereocenters. The second-order valence-corrected chi connectivity index (χ2v) is 7.56. The number of imide groups is 1. The largest absolute Gasteiger partial charge is 0.497 e. The van der Waals surface area contributed by atoms with Crippen LogP contribution in [0.1, 0.15) is 22.3 Å². The van der Waals surface area contributed by atoms with Gasteiger partial charge in [-0.3, -0.25) is 14.4 Å². The maximum absolute atomic E-state index is 13.5. The van der Waals surface area contributed by atoms with E-state index in [0.29, 0.717) is 11.3 Å². The van der Waals surface area contributed by atoms with Crippen LogP contribution in [-0.4, -0.2) is 35.8 Å². The van der Waals surface area contributed by atoms with Crippen LogP contribution in [0.3, 0.4) is 0 Å². The Morgan fingerprint density at radius 2 is 1.64 bits per heavy atom. The zero-order chi connectivity index (χ0) is 23.5. The van der Waals surface area contributed by atoms with E-state index in [1.807, 2.05) is 0 Å². The van der Waals surface area contributed by atoms with E-state index in [1.54, 1.807) is 24.3 Å². The van der Waals surface area contributed by atoms with E-state index in [4.69, 9.17) is 4.74 Å². The molecule has 3 aromatic carbocycles. The summed E-state index contributed by atoms with van der Waals surface area (Å²) >= 11 is 0. The number of nitrogens with zero attached hydrogens (tertiary/aromatic N) is 2. The van der Waals surface area contributed by atoms with Crippen molar-refractivity contribution in [2.45, 2.75) is 19.0 Å². The van der Waals surface area contributed by atoms with Gasteiger partial charge in [0.15, 0.2) is 0 Å². The summed E-state index contributed by atoms with van der Waals surface area (Å²) < 4.78 is 31.9. The molecule has 1 fully saturated rings. The number of halogens is 2. The molecular formula is C25H20F2N2O4. The molecule has 1 aliphatic heterocycles. The van der Waals surface area contributed by atoms with E-state index in [-0.39, 0.29) is 24.2 Å². The van der Waals surface area contributed by atoms with Crippen molar-refractivity contribution in [3.63, 3.8) is 0 Å². The molecule has 0 radical (unpaired) electrons. The second-order valence-electron chi connectivity index (χ2n) is 7.56. The molecule has 0 aromatic heterocycles. The number of benzene rings is 3. The fraction of sp³-hybridized carbons (Fsp3) is 0.160. The molecule has 8 heteroatoms. The minimum Gasteiger partial charge on any atom is -0.497 e. The molecule has 1 unspecified atom stereocenters. The van der Waals surface area contributed by atoms with Crippen LogP contribution in [0.25, 0.3) is 0 Å². The summed E-state index contributed by atoms with van der Waals surface area (Å²) in [5.41, 5.74) is 1.09. The number of hydrogen-bond donors (Lipinski definition) is 0. The number of anilines is 1. The zero-order valence-corrected chi connectivity index (χ0v) is 17.7. The quantitative estimate of drug-likeness (QED) is 0.534. The molecule has 3 amide bonds. The number of rotatable bonds is 6. The van der Waals surface area contributed by atoms with Gasteiger partial charge in [-0.15, -0.1) is 0 Å². The van der Waals surface area contributed by atoms with E-state index < -0.39 is 35.4 Å². The molecule has 33 heavy (non-hydrogen) atoms. The van der Waals surface area contributed by atoms with E-state index in [9.17, 15) is 23.2 Å². The van der Waals surface area contributed by atoms with Crippen LogP contribution >= 0.6 is 0 Å². The lowest BCUT2D eigenvalue weighted by Crippen LogP contribution is -2.45. The predicted octanol–water partition coefficient (Wildman–Crippen LogP) is 3.95. The van der Waals surface area contributed by atoms with Crippen molar-refractivity contribution >= 4 is 23.4 Å². The van der Waals surface area contributed by atoms with Gasteiger partial charge in [-0.05, 0) is 60.2 Å². The van der Waals surface area contributed by atoms with Gasteiger partial charge in [0.1, 0.15) is 23.4 Å². The lowest BCUT2D eigenvalue weighted by Gasteiger charge is -2.28. The molecule has 6 nitrogen and oxygen atoms in total. The summed E-state index contributed by atoms with van der Waals surface area (Å²) in [6, 6.07) is 15.9. The third-order valence-corrected chi connectivity index (χ3v) is 5.43. The maximum atomic E-state index is 13.5. The van der Waals surface area contributed by atoms with Crippen molar-refractivity contribution in [3.8, 4) is 5.75 Å². The Hall–Kier alpha value is -4.07. The van der Waals surface area contributed by atoms with Crippen LogP contribution < -0.4 is 9.64 Å². The van der Waals surface area contributed by atoms with Gasteiger partial charge < -0.3 is 9.64 Å². The summed E-state index contributed by atoms with van der Waals surface area (Å²) in [5.74, 6) is -2.04. The summed E-state index contributed by atoms with van der Waals surface area (Å²) in [6.07, 6.45) is -0.229. The minimum atomic E-state index is -1.08. The number of carbonyl (C=O) groups excluding carboxylic acids is 3. The van der Waals surface area contributed by atoms with Gasteiger partial charge in [-0.1, -0.05) is 18.2 Å². The smallest absolute Gasteiger partial charge is 0.257 e. The van der Waals surface area contributed by atoms with Crippen LogP contribution in [0.5, 0.6) is 5.75 Å². The molecule has 3 aromatic rings. The molecule has 1 aliphatic rings. The monoisotopic (exact) mass is 450 g/mol. The van der Waals surface area contributed by atoms with Gasteiger partial charge in [-0.25, -0.2) is 13.7 Å². The topological polar surface area (TPSA) is 66.9 Å². The first-order chi connectivity index (χ1) is 15.9. The zero-order valence-electron chi connectivity index (χ0n) is 17.7. The van der Waals surface area contributed by atoms with E-state index in [1.165, 1.54) is 48.4 Å². The lowest BCUT2D eigenvalue weighted by atomic mass is 10.1. The lowest BCUT2D eigenvalue weighted by molar-refractivity contribution is -0.122. The molecule has 168 valence electrons. The summed E-state index contributed by atoms with van der Waals surface area (Å²) in [5, 5.41) is 0. The van der Waals surface area contributed by atoms with Crippen LogP contribution in [0, 0.1) is 11.6 Å². The Kier molecular flexibility index (Phi) is 6.17. The van der Waals surface area contributed by atoms with E-state index in [0.717, 1.165) is 17.0 Å². The van der Waals surface area contributed by atoms with Crippen molar-refractivity contribution in [2.24, 2.45) is 0 Å². The number of amides is 3. The second kappa shape index (κ2) is 9.20. The normalized spacial score (nSPS) is 15.6. The average Bonchev–Trinajstić information content (AvgIpc) is 3.12. The standard InChI is InChI=1S/C25H20F2N2O4/c1-33-21-4-2-3-17(13-21)24(31)28(15-16-5-7-18(26)8-6-16)22-14-23(30)29(25(22)32)20-11-9-19(27)10-12-20/h2-13,22H,14-15H2,1H3. The Labute approximate surface area is 189 Å². The molecule has 1 heterocycles. The fourth-order valence-electron chi connectivity index (χ4n) is 3.75. The third kappa shape index (κ3) is 4.59. The molecule has 1 saturated heterocycles. The minimum absolute atomic E-state index is 0.0166. The van der Waals surface area contributed by atoms with Crippen molar-refractivity contribution < 1.29 is 27.9 Å². The molecule has 0 aliphatic carbocycles. The summed E-state index contributed by atoms with van der Waals surface area (Å²) in [4.78, 5) is 41.8. The SMILES string of the molecule is COc1cccc(C(=O)N(Cc2ccc(F)cc2)C2CC(=O)N(c3ccc(F)cc3)C2=O)c1. The fourth-order valence-corrected chi connectivity index (χ4v) is 3.75. The molecular weight excluding hydrogens is 430 g/mol. The van der Waals surface area contributed by atoms with Crippen molar-refractivity contribution in [2.75, 3.05) is 12.0 Å². The highest BCUT2D eigenvalue weighted by molar-refractivity contribution is 6.23. The first kappa shape index (κ1) is 22.1. The molecule has 0 bridgehead atoms. The van der Waals surface area contributed by atoms with Gasteiger partial charge in [0.05, 0.1) is 19.2 Å². The molecule has 0 spiro atoms. The summed E-state index contributed by atoms with van der Waals surface area (Å²) in [6.45, 7) is -0.0166. The van der Waals surface area contributed by atoms with E-state index >= 15 is 0 Å². The Balaban J connectivity index is 1.69. The highest BCUT2D eigenvalue weighted by Gasteiger charge is 2.44. The first-order valence-corrected chi connectivity index (χ1v) is 10.2. The van der Waals surface area contributed by atoms with Crippen molar-refractivity contribution in [1.82, 2.24) is 4.90 Å². The number of methoxy groups -OCH3 is 1. The highest BCUT2D eigenvalue weighted by atomic mass is 19.1. The molecule has 4 rings (SSSR count). The summed E-state index contributed by atoms with van der Waals surface area (Å²) in [7, 11) is 1.47. The van der Waals surface area contributed by atoms with Gasteiger partial charge >= 0.3 is 0 Å². The first-order valence-electron chi connectivity index (χ1n) is 10.2. The number of carbonyl (C=O) groups is 3. The van der Waals surface area contributed by atoms with Crippen molar-refractivity contribution in [1.29, 1.82) is 0 Å². The van der Waals surface area contributed by atoms with Crippen LogP contribution in [0.2, 0.25) is 0 Å². The Bertz CT molecular complexity index is 1200. The predicted molar refractivity (Wildman–Crippen MR) is 117 cm³/mol. The van der Waals surface area contributed by atoms with Crippen LogP contribution in [0.15, 0.2) is 72.8 Å². The Morgan fingerprint density at radius 3 is 2.27 bits per heavy atom.